The fourth-order valence-electron chi connectivity index (χ4n) is 3.28. The molecule has 0 radical (unpaired) electrons. The van der Waals surface area contributed by atoms with Crippen LogP contribution >= 0.6 is 0 Å². The first-order valence-corrected chi connectivity index (χ1v) is 9.25. The molecular weight excluding hydrogens is 369 g/mol. The maximum Gasteiger partial charge on any atom is 0.258 e. The Kier molecular flexibility index (Phi) is 4.80. The van der Waals surface area contributed by atoms with E-state index in [1.807, 2.05) is 45.0 Å². The van der Waals surface area contributed by atoms with E-state index in [2.05, 4.69) is 15.1 Å². The van der Waals surface area contributed by atoms with Gasteiger partial charge >= 0.3 is 0 Å². The number of carbonyl (C=O) groups excluding carboxylic acids is 1. The topological polar surface area (TPSA) is 63.4 Å². The van der Waals surface area contributed by atoms with Crippen molar-refractivity contribution in [2.75, 3.05) is 4.90 Å². The summed E-state index contributed by atoms with van der Waals surface area (Å²) in [5.41, 5.74) is 3.76. The third kappa shape index (κ3) is 3.71. The Balaban J connectivity index is 1.76. The lowest BCUT2D eigenvalue weighted by atomic mass is 10.1. The van der Waals surface area contributed by atoms with Crippen molar-refractivity contribution in [1.29, 1.82) is 0 Å². The third-order valence-corrected chi connectivity index (χ3v) is 4.72. The van der Waals surface area contributed by atoms with Gasteiger partial charge < -0.3 is 4.90 Å². The molecule has 0 aliphatic heterocycles. The molecule has 0 unspecified atom stereocenters. The molecule has 0 bridgehead atoms. The second-order valence-corrected chi connectivity index (χ2v) is 6.96. The van der Waals surface area contributed by atoms with Crippen molar-refractivity contribution in [3.05, 3.63) is 88.8 Å². The number of carbonyl (C=O) groups is 1. The fourth-order valence-corrected chi connectivity index (χ4v) is 3.28. The highest BCUT2D eigenvalue weighted by atomic mass is 19.1. The molecule has 6 nitrogen and oxygen atoms in total. The summed E-state index contributed by atoms with van der Waals surface area (Å²) in [5, 5.41) is 4.51. The van der Waals surface area contributed by atoms with Crippen LogP contribution in [-0.4, -0.2) is 25.5 Å². The van der Waals surface area contributed by atoms with E-state index >= 15 is 0 Å². The number of rotatable bonds is 4. The summed E-state index contributed by atoms with van der Waals surface area (Å²) < 4.78 is 15.1. The van der Waals surface area contributed by atoms with Gasteiger partial charge in [0.1, 0.15) is 5.82 Å². The number of benzene rings is 2. The Labute approximate surface area is 167 Å². The Morgan fingerprint density at radius 1 is 1.03 bits per heavy atom. The normalized spacial score (nSPS) is 11.0. The van der Waals surface area contributed by atoms with Crippen molar-refractivity contribution >= 4 is 17.4 Å². The predicted octanol–water partition coefficient (Wildman–Crippen LogP) is 4.04. The average molecular weight is 389 g/mol. The molecule has 2 aromatic heterocycles. The molecule has 0 atom stereocenters. The van der Waals surface area contributed by atoms with Crippen molar-refractivity contribution < 1.29 is 9.18 Å². The van der Waals surface area contributed by atoms with Gasteiger partial charge in [0.05, 0.1) is 6.54 Å². The zero-order valence-electron chi connectivity index (χ0n) is 16.4. The third-order valence-electron chi connectivity index (χ3n) is 4.72. The first-order chi connectivity index (χ1) is 13.9. The van der Waals surface area contributed by atoms with Crippen LogP contribution in [0.25, 0.3) is 5.78 Å². The lowest BCUT2D eigenvalue weighted by molar-refractivity contribution is 0.0984. The van der Waals surface area contributed by atoms with E-state index in [1.165, 1.54) is 12.1 Å². The van der Waals surface area contributed by atoms with Crippen LogP contribution in [0.1, 0.15) is 33.1 Å². The van der Waals surface area contributed by atoms with E-state index in [-0.39, 0.29) is 18.3 Å². The van der Waals surface area contributed by atoms with Crippen molar-refractivity contribution in [2.45, 2.75) is 27.3 Å². The van der Waals surface area contributed by atoms with Gasteiger partial charge in [0, 0.05) is 22.6 Å². The monoisotopic (exact) mass is 389 g/mol. The summed E-state index contributed by atoms with van der Waals surface area (Å²) in [5.74, 6) is 0.380. The molecule has 1 amide bonds. The lowest BCUT2D eigenvalue weighted by Crippen LogP contribution is -2.31. The molecule has 0 N–H and O–H groups in total. The lowest BCUT2D eigenvalue weighted by Gasteiger charge is -2.22. The fraction of sp³-hybridized carbons (Fsp3) is 0.182. The van der Waals surface area contributed by atoms with Gasteiger partial charge in [0.2, 0.25) is 0 Å². The number of fused-ring (bicyclic) bond motifs is 1. The highest BCUT2D eigenvalue weighted by Gasteiger charge is 2.22. The van der Waals surface area contributed by atoms with E-state index in [0.29, 0.717) is 22.9 Å². The summed E-state index contributed by atoms with van der Waals surface area (Å²) in [6.45, 7) is 5.85. The molecule has 4 rings (SSSR count). The van der Waals surface area contributed by atoms with Gasteiger partial charge in [-0.25, -0.2) is 13.9 Å². The van der Waals surface area contributed by atoms with Crippen LogP contribution in [-0.2, 0) is 6.54 Å². The highest BCUT2D eigenvalue weighted by molar-refractivity contribution is 6.06. The first kappa shape index (κ1) is 18.7. The molecule has 2 heterocycles. The Morgan fingerprint density at radius 3 is 2.48 bits per heavy atom. The molecular formula is C22H20FN5O. The van der Waals surface area contributed by atoms with Crippen molar-refractivity contribution in [3.8, 4) is 0 Å². The van der Waals surface area contributed by atoms with E-state index in [4.69, 9.17) is 0 Å². The Bertz CT molecular complexity index is 1200. The van der Waals surface area contributed by atoms with Crippen LogP contribution in [0.2, 0.25) is 0 Å². The molecule has 7 heteroatoms. The van der Waals surface area contributed by atoms with Crippen LogP contribution in [0.3, 0.4) is 0 Å². The molecule has 0 fully saturated rings. The second-order valence-electron chi connectivity index (χ2n) is 6.96. The number of halogens is 1. The zero-order valence-corrected chi connectivity index (χ0v) is 16.4. The molecule has 146 valence electrons. The standard InChI is InChI=1S/C22H20FN5O/c1-14-6-4-5-7-19(14)21(29)27(18-10-8-17(23)9-11-18)13-20-25-22-24-15(2)12-16(3)28(22)26-20/h4-12H,13H2,1-3H3. The van der Waals surface area contributed by atoms with Gasteiger partial charge in [-0.05, 0) is 62.7 Å². The molecule has 0 aliphatic carbocycles. The molecule has 0 saturated heterocycles. The minimum Gasteiger partial charge on any atom is -0.301 e. The number of amides is 1. The maximum atomic E-state index is 13.4. The van der Waals surface area contributed by atoms with Gasteiger partial charge in [0.25, 0.3) is 11.7 Å². The number of aromatic nitrogens is 4. The summed E-state index contributed by atoms with van der Waals surface area (Å²) in [6, 6.07) is 15.1. The molecule has 2 aromatic carbocycles. The molecule has 29 heavy (non-hydrogen) atoms. The summed E-state index contributed by atoms with van der Waals surface area (Å²) in [7, 11) is 0. The number of aryl methyl sites for hydroxylation is 3. The summed E-state index contributed by atoms with van der Waals surface area (Å²) in [4.78, 5) is 23.8. The van der Waals surface area contributed by atoms with Crippen molar-refractivity contribution in [2.24, 2.45) is 0 Å². The van der Waals surface area contributed by atoms with Gasteiger partial charge in [-0.1, -0.05) is 18.2 Å². The van der Waals surface area contributed by atoms with E-state index in [0.717, 1.165) is 17.0 Å². The maximum absolute atomic E-state index is 13.4. The van der Waals surface area contributed by atoms with Crippen molar-refractivity contribution in [1.82, 2.24) is 19.6 Å². The molecule has 0 aliphatic rings. The molecule has 0 saturated carbocycles. The Hall–Kier alpha value is -3.61. The SMILES string of the molecule is Cc1cc(C)n2nc(CN(C(=O)c3ccccc3C)c3ccc(F)cc3)nc2n1. The van der Waals surface area contributed by atoms with E-state index < -0.39 is 0 Å². The van der Waals surface area contributed by atoms with E-state index in [9.17, 15) is 9.18 Å². The largest absolute Gasteiger partial charge is 0.301 e. The minimum atomic E-state index is -0.363. The number of anilines is 1. The predicted molar refractivity (Wildman–Crippen MR) is 108 cm³/mol. The minimum absolute atomic E-state index is 0.140. The van der Waals surface area contributed by atoms with Crippen LogP contribution in [0.15, 0.2) is 54.6 Å². The average Bonchev–Trinajstić information content (AvgIpc) is 3.10. The van der Waals surface area contributed by atoms with Crippen LogP contribution < -0.4 is 4.90 Å². The van der Waals surface area contributed by atoms with Crippen LogP contribution in [0.4, 0.5) is 10.1 Å². The summed E-state index contributed by atoms with van der Waals surface area (Å²) >= 11 is 0. The van der Waals surface area contributed by atoms with Gasteiger partial charge in [-0.15, -0.1) is 5.10 Å². The van der Waals surface area contributed by atoms with Gasteiger partial charge in [-0.2, -0.15) is 4.98 Å². The Morgan fingerprint density at radius 2 is 1.76 bits per heavy atom. The molecule has 0 spiro atoms. The smallest absolute Gasteiger partial charge is 0.258 e. The zero-order chi connectivity index (χ0) is 20.5. The highest BCUT2D eigenvalue weighted by Crippen LogP contribution is 2.22. The quantitative estimate of drug-likeness (QED) is 0.529. The van der Waals surface area contributed by atoms with Crippen LogP contribution in [0, 0.1) is 26.6 Å². The molecule has 4 aromatic rings. The van der Waals surface area contributed by atoms with Crippen molar-refractivity contribution in [3.63, 3.8) is 0 Å². The van der Waals surface area contributed by atoms with Gasteiger partial charge in [0.15, 0.2) is 5.82 Å². The number of nitrogens with zero attached hydrogens (tertiary/aromatic N) is 5. The first-order valence-electron chi connectivity index (χ1n) is 9.25. The number of hydrogen-bond acceptors (Lipinski definition) is 4. The van der Waals surface area contributed by atoms with E-state index in [1.54, 1.807) is 27.6 Å². The summed E-state index contributed by atoms with van der Waals surface area (Å²) in [6.07, 6.45) is 0. The second kappa shape index (κ2) is 7.43. The van der Waals surface area contributed by atoms with Crippen LogP contribution in [0.5, 0.6) is 0 Å². The van der Waals surface area contributed by atoms with Gasteiger partial charge in [-0.3, -0.25) is 4.79 Å². The number of hydrogen-bond donors (Lipinski definition) is 0.